The predicted molar refractivity (Wildman–Crippen MR) is 109 cm³/mol. The van der Waals surface area contributed by atoms with Gasteiger partial charge in [-0.15, -0.1) is 16.9 Å². The molecule has 1 saturated heterocycles. The normalized spacial score (nSPS) is 23.6. The smallest absolute Gasteiger partial charge is 0.352 e. The Morgan fingerprint density at radius 1 is 1.55 bits per heavy atom. The van der Waals surface area contributed by atoms with Gasteiger partial charge < -0.3 is 15.2 Å². The van der Waals surface area contributed by atoms with Crippen LogP contribution in [0.4, 0.5) is 0 Å². The number of carboxylic acids is 1. The molecule has 13 nitrogen and oxygen atoms in total. The van der Waals surface area contributed by atoms with Crippen molar-refractivity contribution in [1.29, 1.82) is 5.26 Å². The van der Waals surface area contributed by atoms with Crippen molar-refractivity contribution in [2.45, 2.75) is 16.3 Å². The van der Waals surface area contributed by atoms with Crippen molar-refractivity contribution in [3.63, 3.8) is 0 Å². The summed E-state index contributed by atoms with van der Waals surface area (Å²) in [6, 6.07) is 1.70. The Labute approximate surface area is 187 Å². The van der Waals surface area contributed by atoms with Crippen molar-refractivity contribution in [2.75, 3.05) is 30.1 Å². The maximum absolute atomic E-state index is 12.9. The first-order valence-corrected chi connectivity index (χ1v) is 12.1. The van der Waals surface area contributed by atoms with Crippen LogP contribution in [0.3, 0.4) is 0 Å². The summed E-state index contributed by atoms with van der Waals surface area (Å²) >= 11 is 2.47. The topological polar surface area (TPSA) is 180 Å². The molecule has 0 spiro atoms. The molecule has 2 amide bonds. The highest BCUT2D eigenvalue weighted by atomic mass is 32.2. The average molecular weight is 488 g/mol. The van der Waals surface area contributed by atoms with Crippen molar-refractivity contribution in [3.05, 3.63) is 11.3 Å². The van der Waals surface area contributed by atoms with E-state index in [1.54, 1.807) is 13.1 Å². The van der Waals surface area contributed by atoms with E-state index in [1.807, 2.05) is 0 Å². The average Bonchev–Trinajstić information content (AvgIpc) is 3.14. The number of thioether (sulfide) groups is 2. The maximum Gasteiger partial charge on any atom is 0.352 e. The highest BCUT2D eigenvalue weighted by molar-refractivity contribution is 8.01. The number of carbonyl (C=O) groups excluding carboxylic acids is 2. The second-order valence-corrected chi connectivity index (χ2v) is 9.81. The largest absolute Gasteiger partial charge is 0.477 e. The zero-order chi connectivity index (χ0) is 22.8. The summed E-state index contributed by atoms with van der Waals surface area (Å²) in [5.74, 6) is -3.03. The molecule has 1 unspecified atom stereocenters. The molecule has 31 heavy (non-hydrogen) atoms. The fraction of sp³-hybridized carbons (Fsp3) is 0.533. The number of amides is 2. The van der Waals surface area contributed by atoms with E-state index in [-0.39, 0.29) is 23.0 Å². The van der Waals surface area contributed by atoms with Crippen LogP contribution in [0.25, 0.3) is 0 Å². The number of β-lactam (4-membered cyclic amide) rings is 1. The Morgan fingerprint density at radius 2 is 2.29 bits per heavy atom. The molecule has 0 radical (unpaired) electrons. The molecular weight excluding hydrogens is 470 g/mol. The van der Waals surface area contributed by atoms with Crippen LogP contribution in [0.2, 0.25) is 0 Å². The SMILES string of the molecule is CO[C@@]1(NC(=O)CS(=O)CC#N)C(=O)N2C(C(=O)O)=C(CSc3nnnn3C)CS[C@@H]21. The van der Waals surface area contributed by atoms with E-state index < -0.39 is 45.4 Å². The molecule has 2 aliphatic rings. The third-order valence-corrected chi connectivity index (χ3v) is 7.94. The summed E-state index contributed by atoms with van der Waals surface area (Å²) in [5, 5.41) is 31.5. The van der Waals surface area contributed by atoms with E-state index in [0.717, 1.165) is 4.90 Å². The first-order valence-electron chi connectivity index (χ1n) is 8.59. The molecule has 166 valence electrons. The monoisotopic (exact) mass is 487 g/mol. The lowest BCUT2D eigenvalue weighted by atomic mass is 9.98. The van der Waals surface area contributed by atoms with Crippen LogP contribution in [0, 0.1) is 11.3 Å². The molecule has 0 saturated carbocycles. The molecule has 0 aromatic carbocycles. The van der Waals surface area contributed by atoms with Crippen LogP contribution in [0.5, 0.6) is 0 Å². The Bertz CT molecular complexity index is 1020. The molecule has 3 heterocycles. The Morgan fingerprint density at radius 3 is 2.87 bits per heavy atom. The standard InChI is InChI=1S/C15H17N7O6S3/c1-21-14(18-19-20-21)30-6-8-5-29-13-15(28-2,12(26)22(13)10(8)11(24)25)17-9(23)7-31(27)4-3-16/h13H,4-7H2,1-2H3,(H,17,23)(H,24,25)/t13-,15+,31?/m1/s1. The van der Waals surface area contributed by atoms with Crippen molar-refractivity contribution in [2.24, 2.45) is 7.05 Å². The number of rotatable bonds is 9. The molecular formula is C15H17N7O6S3. The summed E-state index contributed by atoms with van der Waals surface area (Å²) in [7, 11) is 1.16. The maximum atomic E-state index is 12.9. The third-order valence-electron chi connectivity index (χ3n) is 4.43. The number of aromatic nitrogens is 4. The second kappa shape index (κ2) is 9.34. The first kappa shape index (κ1) is 23.2. The number of hydrogen-bond donors (Lipinski definition) is 2. The van der Waals surface area contributed by atoms with Crippen molar-refractivity contribution in [1.82, 2.24) is 30.4 Å². The Balaban J connectivity index is 1.79. The number of methoxy groups -OCH3 is 1. The van der Waals surface area contributed by atoms with Gasteiger partial charge >= 0.3 is 5.97 Å². The zero-order valence-corrected chi connectivity index (χ0v) is 18.8. The molecule has 1 fully saturated rings. The lowest BCUT2D eigenvalue weighted by molar-refractivity contribution is -0.192. The van der Waals surface area contributed by atoms with Gasteiger partial charge in [0.05, 0.1) is 6.07 Å². The molecule has 2 N–H and O–H groups in total. The zero-order valence-electron chi connectivity index (χ0n) is 16.3. The summed E-state index contributed by atoms with van der Waals surface area (Å²) in [5.41, 5.74) is -1.45. The van der Waals surface area contributed by atoms with Crippen molar-refractivity contribution < 1.29 is 28.4 Å². The number of aryl methyl sites for hydroxylation is 1. The molecule has 3 atom stereocenters. The minimum absolute atomic E-state index is 0.175. The summed E-state index contributed by atoms with van der Waals surface area (Å²) in [6.45, 7) is 0. The lowest BCUT2D eigenvalue weighted by Crippen LogP contribution is -2.81. The van der Waals surface area contributed by atoms with Crippen LogP contribution in [0.1, 0.15) is 0 Å². The van der Waals surface area contributed by atoms with Crippen LogP contribution < -0.4 is 5.32 Å². The van der Waals surface area contributed by atoms with Gasteiger partial charge in [0.2, 0.25) is 11.1 Å². The minimum Gasteiger partial charge on any atom is -0.477 e. The van der Waals surface area contributed by atoms with Gasteiger partial charge in [-0.25, -0.2) is 9.48 Å². The van der Waals surface area contributed by atoms with E-state index in [0.29, 0.717) is 10.7 Å². The second-order valence-electron chi connectivity index (χ2n) is 6.34. The summed E-state index contributed by atoms with van der Waals surface area (Å²) in [4.78, 5) is 38.2. The number of fused-ring (bicyclic) bond motifs is 1. The van der Waals surface area contributed by atoms with Gasteiger partial charge in [0.15, 0.2) is 0 Å². The van der Waals surface area contributed by atoms with Crippen LogP contribution >= 0.6 is 23.5 Å². The van der Waals surface area contributed by atoms with Gasteiger partial charge in [-0.3, -0.25) is 18.7 Å². The predicted octanol–water partition coefficient (Wildman–Crippen LogP) is -1.71. The van der Waals surface area contributed by atoms with Crippen molar-refractivity contribution in [3.8, 4) is 6.07 Å². The Hall–Kier alpha value is -2.48. The lowest BCUT2D eigenvalue weighted by Gasteiger charge is -2.55. The van der Waals surface area contributed by atoms with Crippen molar-refractivity contribution >= 4 is 52.1 Å². The molecule has 1 aromatic rings. The summed E-state index contributed by atoms with van der Waals surface area (Å²) in [6.07, 6.45) is 0. The number of tetrazole rings is 1. The number of nitrogens with zero attached hydrogens (tertiary/aromatic N) is 6. The fourth-order valence-corrected chi connectivity index (χ4v) is 6.10. The number of carboxylic acid groups (broad SMARTS) is 1. The number of nitrogens with one attached hydrogen (secondary N) is 1. The number of ether oxygens (including phenoxy) is 1. The minimum atomic E-state index is -1.77. The Kier molecular flexibility index (Phi) is 6.99. The quantitative estimate of drug-likeness (QED) is 0.229. The van der Waals surface area contributed by atoms with E-state index in [9.17, 15) is 23.7 Å². The van der Waals surface area contributed by atoms with Gasteiger partial charge in [0.25, 0.3) is 11.6 Å². The first-order chi connectivity index (χ1) is 14.7. The highest BCUT2D eigenvalue weighted by Gasteiger charge is 2.66. The molecule has 0 aliphatic carbocycles. The van der Waals surface area contributed by atoms with Gasteiger partial charge in [-0.05, 0) is 16.0 Å². The molecule has 0 bridgehead atoms. The van der Waals surface area contributed by atoms with Crippen LogP contribution in [-0.2, 0) is 37.0 Å². The van der Waals surface area contributed by atoms with E-state index >= 15 is 0 Å². The van der Waals surface area contributed by atoms with E-state index in [4.69, 9.17) is 10.00 Å². The number of hydrogen-bond acceptors (Lipinski definition) is 11. The molecule has 1 aromatic heterocycles. The number of nitriles is 1. The van der Waals surface area contributed by atoms with Gasteiger partial charge in [0.1, 0.15) is 22.6 Å². The fourth-order valence-electron chi connectivity index (χ4n) is 3.06. The van der Waals surface area contributed by atoms with Gasteiger partial charge in [-0.1, -0.05) is 11.8 Å². The summed E-state index contributed by atoms with van der Waals surface area (Å²) < 4.78 is 18.4. The molecule has 16 heteroatoms. The van der Waals surface area contributed by atoms with Crippen LogP contribution in [0.15, 0.2) is 16.4 Å². The number of aliphatic carboxylic acids is 1. The van der Waals surface area contributed by atoms with E-state index in [1.165, 1.54) is 35.3 Å². The number of carbonyl (C=O) groups is 3. The molecule has 2 aliphatic heterocycles. The van der Waals surface area contributed by atoms with Gasteiger partial charge in [-0.2, -0.15) is 5.26 Å². The van der Waals surface area contributed by atoms with E-state index in [2.05, 4.69) is 20.8 Å². The highest BCUT2D eigenvalue weighted by Crippen LogP contribution is 2.47. The third kappa shape index (κ3) is 4.31. The molecule has 3 rings (SSSR count). The van der Waals surface area contributed by atoms with Crippen LogP contribution in [-0.4, -0.2) is 93.4 Å². The van der Waals surface area contributed by atoms with Gasteiger partial charge in [0, 0.05) is 36.5 Å².